The van der Waals surface area contributed by atoms with Gasteiger partial charge in [0, 0.05) is 25.0 Å². The van der Waals surface area contributed by atoms with Gasteiger partial charge >= 0.3 is 0 Å². The number of carbonyl (C=O) groups excluding carboxylic acids is 1. The van der Waals surface area contributed by atoms with Crippen molar-refractivity contribution >= 4 is 23.1 Å². The summed E-state index contributed by atoms with van der Waals surface area (Å²) in [5.41, 5.74) is 2.93. The predicted molar refractivity (Wildman–Crippen MR) is 104 cm³/mol. The average Bonchev–Trinajstić information content (AvgIpc) is 3.20. The van der Waals surface area contributed by atoms with E-state index in [0.29, 0.717) is 6.54 Å². The molecule has 5 nitrogen and oxygen atoms in total. The zero-order valence-corrected chi connectivity index (χ0v) is 16.0. The fourth-order valence-electron chi connectivity index (χ4n) is 3.97. The first-order valence-electron chi connectivity index (χ1n) is 9.29. The number of nitrogens with zero attached hydrogens (tertiary/aromatic N) is 3. The molecule has 1 amide bonds. The molecule has 0 saturated carbocycles. The number of piperidine rings is 1. The molecular formula is C20H25N3O2S. The molecule has 1 spiro atoms. The molecule has 1 aromatic carbocycles. The first-order valence-corrected chi connectivity index (χ1v) is 10.2. The second-order valence-corrected chi connectivity index (χ2v) is 8.01. The van der Waals surface area contributed by atoms with Crippen molar-refractivity contribution in [1.82, 2.24) is 9.88 Å². The van der Waals surface area contributed by atoms with Crippen molar-refractivity contribution < 1.29 is 9.53 Å². The van der Waals surface area contributed by atoms with Crippen LogP contribution in [-0.2, 0) is 16.0 Å². The first-order chi connectivity index (χ1) is 12.7. The van der Waals surface area contributed by atoms with Crippen molar-refractivity contribution in [2.75, 3.05) is 31.1 Å². The van der Waals surface area contributed by atoms with E-state index >= 15 is 0 Å². The lowest BCUT2D eigenvalue weighted by atomic mass is 9.88. The van der Waals surface area contributed by atoms with Crippen LogP contribution in [0.2, 0.25) is 0 Å². The van der Waals surface area contributed by atoms with Gasteiger partial charge in [-0.25, -0.2) is 4.98 Å². The summed E-state index contributed by atoms with van der Waals surface area (Å²) >= 11 is 1.52. The molecule has 6 heteroatoms. The van der Waals surface area contributed by atoms with E-state index in [2.05, 4.69) is 40.2 Å². The van der Waals surface area contributed by atoms with Crippen LogP contribution in [0.1, 0.15) is 25.3 Å². The topological polar surface area (TPSA) is 45.7 Å². The van der Waals surface area contributed by atoms with Gasteiger partial charge < -0.3 is 9.64 Å². The summed E-state index contributed by atoms with van der Waals surface area (Å²) in [6.07, 6.45) is 2.59. The minimum atomic E-state index is -0.402. The smallest absolute Gasteiger partial charge is 0.257 e. The van der Waals surface area contributed by atoms with Gasteiger partial charge in [-0.1, -0.05) is 30.3 Å². The molecule has 4 rings (SSSR count). The van der Waals surface area contributed by atoms with Crippen LogP contribution in [0.4, 0.5) is 5.82 Å². The number of amides is 1. The van der Waals surface area contributed by atoms with E-state index in [0.717, 1.165) is 44.7 Å². The third kappa shape index (κ3) is 3.68. The highest BCUT2D eigenvalue weighted by atomic mass is 32.1. The molecule has 2 aromatic rings. The number of anilines is 1. The van der Waals surface area contributed by atoms with Crippen LogP contribution in [0.5, 0.6) is 0 Å². The Morgan fingerprint density at radius 2 is 2.04 bits per heavy atom. The van der Waals surface area contributed by atoms with Gasteiger partial charge in [0.2, 0.25) is 0 Å². The Kier molecular flexibility index (Phi) is 5.07. The van der Waals surface area contributed by atoms with E-state index in [1.165, 1.54) is 16.9 Å². The van der Waals surface area contributed by atoms with Crippen LogP contribution in [0.3, 0.4) is 0 Å². The van der Waals surface area contributed by atoms with E-state index in [4.69, 9.17) is 4.74 Å². The fourth-order valence-corrected chi connectivity index (χ4v) is 4.51. The number of hydrogen-bond donors (Lipinski definition) is 0. The lowest BCUT2D eigenvalue weighted by molar-refractivity contribution is -0.161. The van der Waals surface area contributed by atoms with Gasteiger partial charge in [-0.3, -0.25) is 9.69 Å². The van der Waals surface area contributed by atoms with Gasteiger partial charge in [0.05, 0.1) is 17.7 Å². The van der Waals surface area contributed by atoms with Crippen LogP contribution in [0.15, 0.2) is 41.2 Å². The molecule has 0 bridgehead atoms. The standard InChI is InChI=1S/C20H25N3O2S/c1-16-19(24)23(18-13-26-15-21-18)14-20(25-16)8-11-22(12-9-20)10-7-17-5-3-2-4-6-17/h2-6,13,15-16H,7-12,14H2,1H3. The molecular weight excluding hydrogens is 346 g/mol. The summed E-state index contributed by atoms with van der Waals surface area (Å²) in [5.74, 6) is 0.786. The van der Waals surface area contributed by atoms with E-state index in [1.54, 1.807) is 5.51 Å². The van der Waals surface area contributed by atoms with Gasteiger partial charge in [0.15, 0.2) is 0 Å². The molecule has 2 fully saturated rings. The van der Waals surface area contributed by atoms with Gasteiger partial charge in [-0.05, 0) is 31.7 Å². The average molecular weight is 372 g/mol. The van der Waals surface area contributed by atoms with Gasteiger partial charge in [0.1, 0.15) is 11.9 Å². The molecule has 1 unspecified atom stereocenters. The Hall–Kier alpha value is -1.76. The lowest BCUT2D eigenvalue weighted by Crippen LogP contribution is -2.61. The zero-order chi connectivity index (χ0) is 18.0. The van der Waals surface area contributed by atoms with Crippen molar-refractivity contribution in [3.63, 3.8) is 0 Å². The Morgan fingerprint density at radius 1 is 1.27 bits per heavy atom. The van der Waals surface area contributed by atoms with E-state index in [-0.39, 0.29) is 11.5 Å². The van der Waals surface area contributed by atoms with Crippen molar-refractivity contribution in [3.8, 4) is 0 Å². The molecule has 2 aliphatic heterocycles. The predicted octanol–water partition coefficient (Wildman–Crippen LogP) is 2.97. The fraction of sp³-hybridized carbons (Fsp3) is 0.500. The van der Waals surface area contributed by atoms with Crippen LogP contribution in [-0.4, -0.2) is 53.7 Å². The van der Waals surface area contributed by atoms with Gasteiger partial charge in [-0.2, -0.15) is 0 Å². The van der Waals surface area contributed by atoms with Gasteiger partial charge in [0.25, 0.3) is 5.91 Å². The third-order valence-corrected chi connectivity index (χ3v) is 6.08. The van der Waals surface area contributed by atoms with Crippen LogP contribution < -0.4 is 4.90 Å². The van der Waals surface area contributed by atoms with Crippen molar-refractivity contribution in [2.45, 2.75) is 37.9 Å². The maximum Gasteiger partial charge on any atom is 0.257 e. The molecule has 2 saturated heterocycles. The highest BCUT2D eigenvalue weighted by Crippen LogP contribution is 2.34. The minimum Gasteiger partial charge on any atom is -0.360 e. The monoisotopic (exact) mass is 371 g/mol. The molecule has 1 atom stereocenters. The molecule has 3 heterocycles. The van der Waals surface area contributed by atoms with Crippen molar-refractivity contribution in [1.29, 1.82) is 0 Å². The summed E-state index contributed by atoms with van der Waals surface area (Å²) in [6, 6.07) is 10.6. The Morgan fingerprint density at radius 3 is 2.73 bits per heavy atom. The lowest BCUT2D eigenvalue weighted by Gasteiger charge is -2.48. The number of likely N-dealkylation sites (tertiary alicyclic amines) is 1. The molecule has 2 aliphatic rings. The minimum absolute atomic E-state index is 0.0213. The van der Waals surface area contributed by atoms with Crippen LogP contribution in [0, 0.1) is 0 Å². The number of ether oxygens (including phenoxy) is 1. The largest absolute Gasteiger partial charge is 0.360 e. The van der Waals surface area contributed by atoms with Crippen molar-refractivity contribution in [2.24, 2.45) is 0 Å². The van der Waals surface area contributed by atoms with Crippen molar-refractivity contribution in [3.05, 3.63) is 46.8 Å². The number of rotatable bonds is 4. The number of aromatic nitrogens is 1. The maximum absolute atomic E-state index is 12.5. The Balaban J connectivity index is 1.37. The molecule has 0 N–H and O–H groups in total. The molecule has 1 aromatic heterocycles. The number of thiazole rings is 1. The van der Waals surface area contributed by atoms with E-state index in [9.17, 15) is 4.79 Å². The van der Waals surface area contributed by atoms with Gasteiger partial charge in [-0.15, -0.1) is 11.3 Å². The molecule has 138 valence electrons. The van der Waals surface area contributed by atoms with Crippen LogP contribution in [0.25, 0.3) is 0 Å². The molecule has 26 heavy (non-hydrogen) atoms. The summed E-state index contributed by atoms with van der Waals surface area (Å²) in [5, 5.41) is 1.94. The van der Waals surface area contributed by atoms with E-state index < -0.39 is 6.10 Å². The second-order valence-electron chi connectivity index (χ2n) is 7.29. The van der Waals surface area contributed by atoms with Crippen LogP contribution >= 0.6 is 11.3 Å². The zero-order valence-electron chi connectivity index (χ0n) is 15.1. The number of morpholine rings is 1. The summed E-state index contributed by atoms with van der Waals surface area (Å²) < 4.78 is 6.22. The quantitative estimate of drug-likeness (QED) is 0.829. The Labute approximate surface area is 158 Å². The summed E-state index contributed by atoms with van der Waals surface area (Å²) in [6.45, 7) is 5.58. The highest BCUT2D eigenvalue weighted by Gasteiger charge is 2.46. The second kappa shape index (κ2) is 7.47. The number of hydrogen-bond acceptors (Lipinski definition) is 5. The highest BCUT2D eigenvalue weighted by molar-refractivity contribution is 7.07. The third-order valence-electron chi connectivity index (χ3n) is 5.51. The number of benzene rings is 1. The number of carbonyl (C=O) groups is 1. The molecule has 0 radical (unpaired) electrons. The SMILES string of the molecule is CC1OC2(CCN(CCc3ccccc3)CC2)CN(c2cscn2)C1=O. The normalized spacial score (nSPS) is 23.5. The Bertz CT molecular complexity index is 727. The molecule has 0 aliphatic carbocycles. The first kappa shape index (κ1) is 17.6. The summed E-state index contributed by atoms with van der Waals surface area (Å²) in [7, 11) is 0. The maximum atomic E-state index is 12.5. The summed E-state index contributed by atoms with van der Waals surface area (Å²) in [4.78, 5) is 21.2. The van der Waals surface area contributed by atoms with E-state index in [1.807, 2.05) is 17.2 Å².